The first-order valence-corrected chi connectivity index (χ1v) is 6.10. The molecule has 1 aromatic heterocycles. The molecule has 0 saturated heterocycles. The summed E-state index contributed by atoms with van der Waals surface area (Å²) in [5.74, 6) is -0.259. The maximum absolute atomic E-state index is 13.2. The largest absolute Gasteiger partial charge is 0.240 e. The number of aromatic nitrogens is 2. The molecule has 0 saturated carbocycles. The Hall–Kier alpha value is -2.42. The van der Waals surface area contributed by atoms with Gasteiger partial charge in [0.05, 0.1) is 11.9 Å². The second-order valence-corrected chi connectivity index (χ2v) is 4.52. The Bertz CT molecular complexity index is 699. The maximum Gasteiger partial charge on any atom is 0.125 e. The molecule has 0 spiro atoms. The van der Waals surface area contributed by atoms with E-state index in [0.29, 0.717) is 0 Å². The monoisotopic (exact) mass is 252 g/mol. The molecular formula is C16H13FN2. The first-order valence-electron chi connectivity index (χ1n) is 6.10. The summed E-state index contributed by atoms with van der Waals surface area (Å²) >= 11 is 0. The van der Waals surface area contributed by atoms with Gasteiger partial charge >= 0.3 is 0 Å². The van der Waals surface area contributed by atoms with Crippen LogP contribution < -0.4 is 0 Å². The molecule has 1 heterocycles. The molecule has 0 aliphatic heterocycles. The van der Waals surface area contributed by atoms with Crippen molar-refractivity contribution in [3.8, 4) is 16.8 Å². The van der Waals surface area contributed by atoms with E-state index in [-0.39, 0.29) is 5.82 Å². The molecular weight excluding hydrogens is 239 g/mol. The molecule has 0 unspecified atom stereocenters. The molecule has 0 atom stereocenters. The predicted molar refractivity (Wildman–Crippen MR) is 73.7 cm³/mol. The highest BCUT2D eigenvalue weighted by molar-refractivity contribution is 5.62. The SMILES string of the molecule is Cc1ccc(-c2cnn(-c3cccc(F)c3)c2)cc1. The topological polar surface area (TPSA) is 17.8 Å². The van der Waals surface area contributed by atoms with Crippen LogP contribution in [0.25, 0.3) is 16.8 Å². The highest BCUT2D eigenvalue weighted by atomic mass is 19.1. The van der Waals surface area contributed by atoms with Crippen molar-refractivity contribution in [1.29, 1.82) is 0 Å². The predicted octanol–water partition coefficient (Wildman–Crippen LogP) is 3.99. The van der Waals surface area contributed by atoms with Crippen molar-refractivity contribution >= 4 is 0 Å². The van der Waals surface area contributed by atoms with Crippen molar-refractivity contribution in [2.45, 2.75) is 6.92 Å². The van der Waals surface area contributed by atoms with Crippen LogP contribution in [0.4, 0.5) is 4.39 Å². The van der Waals surface area contributed by atoms with Crippen LogP contribution in [0.5, 0.6) is 0 Å². The smallest absolute Gasteiger partial charge is 0.125 e. The third kappa shape index (κ3) is 2.40. The second-order valence-electron chi connectivity index (χ2n) is 4.52. The van der Waals surface area contributed by atoms with Crippen molar-refractivity contribution in [3.05, 3.63) is 72.3 Å². The molecule has 0 aliphatic rings. The number of hydrogen-bond donors (Lipinski definition) is 0. The fraction of sp³-hybridized carbons (Fsp3) is 0.0625. The number of halogens is 1. The van der Waals surface area contributed by atoms with Gasteiger partial charge in [-0.15, -0.1) is 0 Å². The minimum atomic E-state index is -0.259. The van der Waals surface area contributed by atoms with Crippen LogP contribution in [-0.4, -0.2) is 9.78 Å². The lowest BCUT2D eigenvalue weighted by Crippen LogP contribution is -1.94. The van der Waals surface area contributed by atoms with Crippen LogP contribution in [0.15, 0.2) is 60.9 Å². The molecule has 3 heteroatoms. The summed E-state index contributed by atoms with van der Waals surface area (Å²) < 4.78 is 14.9. The van der Waals surface area contributed by atoms with Gasteiger partial charge in [-0.3, -0.25) is 0 Å². The Balaban J connectivity index is 1.97. The molecule has 2 aromatic carbocycles. The highest BCUT2D eigenvalue weighted by Gasteiger charge is 2.03. The zero-order valence-electron chi connectivity index (χ0n) is 10.5. The van der Waals surface area contributed by atoms with Crippen molar-refractivity contribution in [2.24, 2.45) is 0 Å². The van der Waals surface area contributed by atoms with Gasteiger partial charge in [0.2, 0.25) is 0 Å². The minimum absolute atomic E-state index is 0.259. The van der Waals surface area contributed by atoms with Crippen LogP contribution in [0.3, 0.4) is 0 Å². The average Bonchev–Trinajstić information content (AvgIpc) is 2.89. The zero-order valence-corrected chi connectivity index (χ0v) is 10.5. The Morgan fingerprint density at radius 1 is 1.00 bits per heavy atom. The molecule has 2 nitrogen and oxygen atoms in total. The van der Waals surface area contributed by atoms with E-state index in [0.717, 1.165) is 16.8 Å². The fourth-order valence-electron chi connectivity index (χ4n) is 1.98. The van der Waals surface area contributed by atoms with Gasteiger partial charge in [0.25, 0.3) is 0 Å². The first-order chi connectivity index (χ1) is 9.22. The van der Waals surface area contributed by atoms with E-state index >= 15 is 0 Å². The second kappa shape index (κ2) is 4.69. The summed E-state index contributed by atoms with van der Waals surface area (Å²) in [5.41, 5.74) is 4.07. The van der Waals surface area contributed by atoms with Gasteiger partial charge in [-0.25, -0.2) is 9.07 Å². The van der Waals surface area contributed by atoms with E-state index in [4.69, 9.17) is 0 Å². The standard InChI is InChI=1S/C16H13FN2/c1-12-5-7-13(8-6-12)14-10-18-19(11-14)16-4-2-3-15(17)9-16/h2-11H,1H3. The first kappa shape index (κ1) is 11.7. The highest BCUT2D eigenvalue weighted by Crippen LogP contribution is 2.20. The number of nitrogens with zero attached hydrogens (tertiary/aromatic N) is 2. The molecule has 19 heavy (non-hydrogen) atoms. The summed E-state index contributed by atoms with van der Waals surface area (Å²) in [4.78, 5) is 0. The summed E-state index contributed by atoms with van der Waals surface area (Å²) in [6.07, 6.45) is 3.69. The number of rotatable bonds is 2. The Kier molecular flexibility index (Phi) is 2.88. The minimum Gasteiger partial charge on any atom is -0.240 e. The Labute approximate surface area is 111 Å². The maximum atomic E-state index is 13.2. The van der Waals surface area contributed by atoms with E-state index in [1.165, 1.54) is 17.7 Å². The molecule has 0 bridgehead atoms. The van der Waals surface area contributed by atoms with Crippen LogP contribution in [0, 0.1) is 12.7 Å². The molecule has 94 valence electrons. The molecule has 0 amide bonds. The van der Waals surface area contributed by atoms with Gasteiger partial charge in [0.15, 0.2) is 0 Å². The number of hydrogen-bond acceptors (Lipinski definition) is 1. The van der Waals surface area contributed by atoms with E-state index < -0.39 is 0 Å². The van der Waals surface area contributed by atoms with Crippen molar-refractivity contribution in [2.75, 3.05) is 0 Å². The Morgan fingerprint density at radius 2 is 1.79 bits per heavy atom. The van der Waals surface area contributed by atoms with Crippen LogP contribution >= 0.6 is 0 Å². The molecule has 0 radical (unpaired) electrons. The van der Waals surface area contributed by atoms with E-state index in [2.05, 4.69) is 36.3 Å². The molecule has 3 rings (SSSR count). The van der Waals surface area contributed by atoms with Crippen molar-refractivity contribution in [3.63, 3.8) is 0 Å². The van der Waals surface area contributed by atoms with E-state index in [1.807, 2.05) is 12.3 Å². The lowest BCUT2D eigenvalue weighted by atomic mass is 10.1. The van der Waals surface area contributed by atoms with Crippen molar-refractivity contribution in [1.82, 2.24) is 9.78 Å². The molecule has 0 aliphatic carbocycles. The summed E-state index contributed by atoms with van der Waals surface area (Å²) in [7, 11) is 0. The normalized spacial score (nSPS) is 10.6. The summed E-state index contributed by atoms with van der Waals surface area (Å²) in [5, 5.41) is 4.28. The van der Waals surface area contributed by atoms with Crippen LogP contribution in [-0.2, 0) is 0 Å². The third-order valence-electron chi connectivity index (χ3n) is 3.04. The van der Waals surface area contributed by atoms with Crippen LogP contribution in [0.1, 0.15) is 5.56 Å². The summed E-state index contributed by atoms with van der Waals surface area (Å²) in [6.45, 7) is 2.06. The van der Waals surface area contributed by atoms with E-state index in [1.54, 1.807) is 16.9 Å². The fourth-order valence-corrected chi connectivity index (χ4v) is 1.98. The quantitative estimate of drug-likeness (QED) is 0.674. The number of aryl methyl sites for hydroxylation is 1. The molecule has 0 N–H and O–H groups in total. The molecule has 0 fully saturated rings. The molecule has 3 aromatic rings. The average molecular weight is 252 g/mol. The van der Waals surface area contributed by atoms with Gasteiger partial charge in [-0.05, 0) is 30.7 Å². The lowest BCUT2D eigenvalue weighted by Gasteiger charge is -2.00. The Morgan fingerprint density at radius 3 is 2.53 bits per heavy atom. The third-order valence-corrected chi connectivity index (χ3v) is 3.04. The van der Waals surface area contributed by atoms with Gasteiger partial charge in [0.1, 0.15) is 5.82 Å². The van der Waals surface area contributed by atoms with Gasteiger partial charge < -0.3 is 0 Å². The zero-order chi connectivity index (χ0) is 13.2. The van der Waals surface area contributed by atoms with Crippen LogP contribution in [0.2, 0.25) is 0 Å². The van der Waals surface area contributed by atoms with Gasteiger partial charge in [-0.2, -0.15) is 5.10 Å². The van der Waals surface area contributed by atoms with Crippen molar-refractivity contribution < 1.29 is 4.39 Å². The van der Waals surface area contributed by atoms with Gasteiger partial charge in [-0.1, -0.05) is 35.9 Å². The summed E-state index contributed by atoms with van der Waals surface area (Å²) in [6, 6.07) is 14.6. The van der Waals surface area contributed by atoms with E-state index in [9.17, 15) is 4.39 Å². The lowest BCUT2D eigenvalue weighted by molar-refractivity contribution is 0.625. The number of benzene rings is 2. The van der Waals surface area contributed by atoms with Gasteiger partial charge in [0, 0.05) is 11.8 Å².